The molecule has 0 radical (unpaired) electrons. The maximum Gasteiger partial charge on any atom is 0.120 e. The molecule has 1 rings (SSSR count). The van der Waals surface area contributed by atoms with Crippen LogP contribution in [0.3, 0.4) is 0 Å². The molecule has 1 heterocycles. The van der Waals surface area contributed by atoms with Crippen LogP contribution >= 0.6 is 27.3 Å². The molecule has 0 aliphatic heterocycles. The van der Waals surface area contributed by atoms with Gasteiger partial charge in [0, 0.05) is 4.88 Å². The summed E-state index contributed by atoms with van der Waals surface area (Å²) in [7, 11) is 0. The van der Waals surface area contributed by atoms with E-state index in [1.54, 1.807) is 11.3 Å². The highest BCUT2D eigenvalue weighted by atomic mass is 79.9. The van der Waals surface area contributed by atoms with Crippen LogP contribution in [0.15, 0.2) is 4.60 Å². The number of thiazole rings is 1. The summed E-state index contributed by atoms with van der Waals surface area (Å²) in [5.41, 5.74) is 5.44. The highest BCUT2D eigenvalue weighted by Gasteiger charge is 2.05. The van der Waals surface area contributed by atoms with Gasteiger partial charge in [-0.2, -0.15) is 0 Å². The van der Waals surface area contributed by atoms with Crippen molar-refractivity contribution in [2.75, 3.05) is 6.54 Å². The fourth-order valence-corrected chi connectivity index (χ4v) is 2.50. The van der Waals surface area contributed by atoms with Gasteiger partial charge < -0.3 is 5.73 Å². The van der Waals surface area contributed by atoms with E-state index in [1.807, 2.05) is 0 Å². The second kappa shape index (κ2) is 4.18. The van der Waals surface area contributed by atoms with Crippen molar-refractivity contribution in [3.63, 3.8) is 0 Å². The molecule has 0 aliphatic carbocycles. The summed E-state index contributed by atoms with van der Waals surface area (Å²) < 4.78 is 0.977. The number of halogens is 1. The Morgan fingerprint density at radius 3 is 2.82 bits per heavy atom. The van der Waals surface area contributed by atoms with Crippen molar-refractivity contribution in [1.29, 1.82) is 0 Å². The quantitative estimate of drug-likeness (QED) is 0.869. The molecule has 1 aromatic heterocycles. The Kier molecular flexibility index (Phi) is 3.48. The molecule has 0 saturated heterocycles. The molecule has 0 fully saturated rings. The third-order valence-electron chi connectivity index (χ3n) is 1.37. The van der Waals surface area contributed by atoms with Crippen LogP contribution in [0.1, 0.15) is 16.8 Å². The molecule has 0 spiro atoms. The van der Waals surface area contributed by atoms with Crippen molar-refractivity contribution in [2.24, 2.45) is 5.73 Å². The summed E-state index contributed by atoms with van der Waals surface area (Å²) in [6.07, 6.45) is 1.94. The standard InChI is InChI=1S/C7H11BrN2S/c1-2-6-10-7(8)5(11-6)3-4-9/h2-4,9H2,1H3. The lowest BCUT2D eigenvalue weighted by Gasteiger charge is -1.89. The fourth-order valence-electron chi connectivity index (χ4n) is 0.815. The number of hydrogen-bond acceptors (Lipinski definition) is 3. The maximum atomic E-state index is 5.44. The molecule has 0 saturated carbocycles. The van der Waals surface area contributed by atoms with Crippen LogP contribution < -0.4 is 5.73 Å². The number of nitrogens with zero attached hydrogens (tertiary/aromatic N) is 1. The molecule has 11 heavy (non-hydrogen) atoms. The minimum atomic E-state index is 0.698. The first kappa shape index (κ1) is 9.16. The van der Waals surface area contributed by atoms with Crippen molar-refractivity contribution in [2.45, 2.75) is 19.8 Å². The maximum absolute atomic E-state index is 5.44. The number of nitrogens with two attached hydrogens (primary N) is 1. The molecule has 62 valence electrons. The first-order chi connectivity index (χ1) is 5.27. The fraction of sp³-hybridized carbons (Fsp3) is 0.571. The van der Waals surface area contributed by atoms with E-state index in [2.05, 4.69) is 27.8 Å². The van der Waals surface area contributed by atoms with Gasteiger partial charge in [-0.3, -0.25) is 0 Å². The first-order valence-electron chi connectivity index (χ1n) is 3.62. The molecule has 4 heteroatoms. The average Bonchev–Trinajstić information content (AvgIpc) is 2.33. The SMILES string of the molecule is CCc1nc(Br)c(CCN)s1. The molecule has 0 atom stereocenters. The summed E-state index contributed by atoms with van der Waals surface area (Å²) in [6, 6.07) is 0. The van der Waals surface area contributed by atoms with E-state index in [4.69, 9.17) is 5.73 Å². The van der Waals surface area contributed by atoms with Gasteiger partial charge in [-0.25, -0.2) is 4.98 Å². The second-order valence-electron chi connectivity index (χ2n) is 2.21. The van der Waals surface area contributed by atoms with Crippen LogP contribution in [-0.4, -0.2) is 11.5 Å². The van der Waals surface area contributed by atoms with Crippen LogP contribution in [-0.2, 0) is 12.8 Å². The predicted octanol–water partition coefficient (Wildman–Crippen LogP) is 1.97. The van der Waals surface area contributed by atoms with Crippen molar-refractivity contribution in [1.82, 2.24) is 4.98 Å². The molecular formula is C7H11BrN2S. The Bertz CT molecular complexity index is 234. The molecule has 0 bridgehead atoms. The van der Waals surface area contributed by atoms with Crippen molar-refractivity contribution in [3.05, 3.63) is 14.5 Å². The smallest absolute Gasteiger partial charge is 0.120 e. The number of hydrogen-bond donors (Lipinski definition) is 1. The van der Waals surface area contributed by atoms with E-state index in [0.29, 0.717) is 6.54 Å². The van der Waals surface area contributed by atoms with Crippen molar-refractivity contribution < 1.29 is 0 Å². The Hall–Kier alpha value is 0.0700. The number of rotatable bonds is 3. The van der Waals surface area contributed by atoms with Gasteiger partial charge in [-0.05, 0) is 35.3 Å². The summed E-state index contributed by atoms with van der Waals surface area (Å²) in [6.45, 7) is 2.81. The average molecular weight is 235 g/mol. The summed E-state index contributed by atoms with van der Waals surface area (Å²) in [4.78, 5) is 5.60. The van der Waals surface area contributed by atoms with E-state index in [0.717, 1.165) is 17.4 Å². The number of aryl methyl sites for hydroxylation is 1. The number of aromatic nitrogens is 1. The van der Waals surface area contributed by atoms with Gasteiger partial charge in [0.05, 0.1) is 5.01 Å². The zero-order valence-electron chi connectivity index (χ0n) is 6.43. The second-order valence-corrected chi connectivity index (χ2v) is 4.13. The van der Waals surface area contributed by atoms with Gasteiger partial charge in [0.25, 0.3) is 0 Å². The van der Waals surface area contributed by atoms with Gasteiger partial charge in [0.1, 0.15) is 4.60 Å². The Labute approximate surface area is 79.0 Å². The molecule has 0 unspecified atom stereocenters. The van der Waals surface area contributed by atoms with Gasteiger partial charge in [0.2, 0.25) is 0 Å². The highest BCUT2D eigenvalue weighted by Crippen LogP contribution is 2.23. The largest absolute Gasteiger partial charge is 0.330 e. The van der Waals surface area contributed by atoms with Gasteiger partial charge in [-0.1, -0.05) is 6.92 Å². The highest BCUT2D eigenvalue weighted by molar-refractivity contribution is 9.10. The van der Waals surface area contributed by atoms with Crippen molar-refractivity contribution in [3.8, 4) is 0 Å². The monoisotopic (exact) mass is 234 g/mol. The molecule has 0 aromatic carbocycles. The normalized spacial score (nSPS) is 10.5. The van der Waals surface area contributed by atoms with Crippen LogP contribution in [0, 0.1) is 0 Å². The molecule has 0 amide bonds. The van der Waals surface area contributed by atoms with Crippen molar-refractivity contribution >= 4 is 27.3 Å². The minimum absolute atomic E-state index is 0.698. The van der Waals surface area contributed by atoms with Crippen LogP contribution in [0.2, 0.25) is 0 Å². The molecule has 1 aromatic rings. The van der Waals surface area contributed by atoms with Crippen LogP contribution in [0.4, 0.5) is 0 Å². The zero-order valence-corrected chi connectivity index (χ0v) is 8.83. The summed E-state index contributed by atoms with van der Waals surface area (Å²) in [5.74, 6) is 0. The minimum Gasteiger partial charge on any atom is -0.330 e. The molecule has 2 nitrogen and oxygen atoms in total. The molecule has 2 N–H and O–H groups in total. The lowest BCUT2D eigenvalue weighted by Crippen LogP contribution is -2.01. The summed E-state index contributed by atoms with van der Waals surface area (Å²) in [5, 5.41) is 1.18. The van der Waals surface area contributed by atoms with E-state index in [9.17, 15) is 0 Å². The topological polar surface area (TPSA) is 38.9 Å². The van der Waals surface area contributed by atoms with E-state index >= 15 is 0 Å². The van der Waals surface area contributed by atoms with E-state index in [-0.39, 0.29) is 0 Å². The summed E-state index contributed by atoms with van der Waals surface area (Å²) >= 11 is 5.15. The Morgan fingerprint density at radius 1 is 1.64 bits per heavy atom. The van der Waals surface area contributed by atoms with E-state index < -0.39 is 0 Å². The Morgan fingerprint density at radius 2 is 2.36 bits per heavy atom. The first-order valence-corrected chi connectivity index (χ1v) is 5.23. The third-order valence-corrected chi connectivity index (χ3v) is 3.55. The lowest BCUT2D eigenvalue weighted by molar-refractivity contribution is 0.974. The third kappa shape index (κ3) is 2.25. The van der Waals surface area contributed by atoms with Gasteiger partial charge in [0.15, 0.2) is 0 Å². The van der Waals surface area contributed by atoms with E-state index in [1.165, 1.54) is 9.88 Å². The Balaban J connectivity index is 2.79. The van der Waals surface area contributed by atoms with Crippen LogP contribution in [0.5, 0.6) is 0 Å². The zero-order chi connectivity index (χ0) is 8.27. The van der Waals surface area contributed by atoms with Gasteiger partial charge >= 0.3 is 0 Å². The molecular weight excluding hydrogens is 224 g/mol. The lowest BCUT2D eigenvalue weighted by atomic mass is 10.4. The van der Waals surface area contributed by atoms with Gasteiger partial charge in [-0.15, -0.1) is 11.3 Å². The van der Waals surface area contributed by atoms with Crippen LogP contribution in [0.25, 0.3) is 0 Å². The predicted molar refractivity (Wildman–Crippen MR) is 52.0 cm³/mol. The molecule has 0 aliphatic rings.